The van der Waals surface area contributed by atoms with Gasteiger partial charge >= 0.3 is 0 Å². The van der Waals surface area contributed by atoms with E-state index in [2.05, 4.69) is 10.2 Å². The van der Waals surface area contributed by atoms with Gasteiger partial charge in [0.1, 0.15) is 0 Å². The topological polar surface area (TPSA) is 44.7 Å². The number of piperidine rings is 1. The Labute approximate surface area is 90.6 Å². The molecule has 1 aliphatic carbocycles. The Kier molecular flexibility index (Phi) is 2.47. The zero-order valence-electron chi connectivity index (χ0n) is 9.11. The fourth-order valence-electron chi connectivity index (χ4n) is 3.32. The van der Waals surface area contributed by atoms with Crippen LogP contribution in [-0.2, 0) is 4.74 Å². The zero-order valence-corrected chi connectivity index (χ0v) is 9.11. The molecule has 15 heavy (non-hydrogen) atoms. The van der Waals surface area contributed by atoms with E-state index in [1.165, 1.54) is 12.8 Å². The van der Waals surface area contributed by atoms with Crippen LogP contribution in [0.1, 0.15) is 12.8 Å². The van der Waals surface area contributed by atoms with Crippen LogP contribution in [0.3, 0.4) is 0 Å². The molecule has 0 aromatic rings. The molecule has 0 radical (unpaired) electrons. The van der Waals surface area contributed by atoms with E-state index >= 15 is 0 Å². The largest absolute Gasteiger partial charge is 0.391 e. The minimum absolute atomic E-state index is 0.108. The lowest BCUT2D eigenvalue weighted by Gasteiger charge is -2.31. The predicted octanol–water partition coefficient (Wildman–Crippen LogP) is -0.568. The molecule has 1 spiro atoms. The molecule has 0 bridgehead atoms. The Bertz CT molecular complexity index is 235. The average Bonchev–Trinajstić information content (AvgIpc) is 2.85. The number of aliphatic hydroxyl groups is 1. The molecule has 1 saturated carbocycles. The molecule has 2 saturated heterocycles. The van der Waals surface area contributed by atoms with Gasteiger partial charge in [-0.15, -0.1) is 0 Å². The number of aliphatic hydroxyl groups excluding tert-OH is 1. The van der Waals surface area contributed by atoms with Crippen molar-refractivity contribution < 1.29 is 9.84 Å². The lowest BCUT2D eigenvalue weighted by atomic mass is 9.95. The molecule has 2 aliphatic heterocycles. The van der Waals surface area contributed by atoms with Gasteiger partial charge in [-0.2, -0.15) is 0 Å². The van der Waals surface area contributed by atoms with Crippen molar-refractivity contribution in [1.82, 2.24) is 10.2 Å². The lowest BCUT2D eigenvalue weighted by molar-refractivity contribution is 0.0229. The monoisotopic (exact) mass is 212 g/mol. The van der Waals surface area contributed by atoms with Gasteiger partial charge in [0.2, 0.25) is 0 Å². The summed E-state index contributed by atoms with van der Waals surface area (Å²) < 4.78 is 5.35. The summed E-state index contributed by atoms with van der Waals surface area (Å²) in [6.07, 6.45) is 2.28. The van der Waals surface area contributed by atoms with Crippen LogP contribution >= 0.6 is 0 Å². The SMILES string of the molecule is O[C@@H]1C(N2CCOCC2)[C@@]12CCCNC2. The third-order valence-corrected chi connectivity index (χ3v) is 4.26. The molecule has 0 amide bonds. The van der Waals surface area contributed by atoms with Gasteiger partial charge in [0.05, 0.1) is 19.3 Å². The van der Waals surface area contributed by atoms with Crippen molar-refractivity contribution in [3.8, 4) is 0 Å². The number of nitrogens with zero attached hydrogens (tertiary/aromatic N) is 1. The van der Waals surface area contributed by atoms with Gasteiger partial charge in [-0.05, 0) is 19.4 Å². The summed E-state index contributed by atoms with van der Waals surface area (Å²) in [5, 5.41) is 13.6. The summed E-state index contributed by atoms with van der Waals surface area (Å²) in [6, 6.07) is 0.397. The van der Waals surface area contributed by atoms with E-state index < -0.39 is 0 Å². The number of nitrogens with one attached hydrogen (secondary N) is 1. The molecule has 4 heteroatoms. The quantitative estimate of drug-likeness (QED) is 0.611. The maximum absolute atomic E-state index is 10.1. The summed E-state index contributed by atoms with van der Waals surface area (Å²) >= 11 is 0. The maximum Gasteiger partial charge on any atom is 0.0786 e. The van der Waals surface area contributed by atoms with E-state index in [0.29, 0.717) is 6.04 Å². The molecule has 3 aliphatic rings. The van der Waals surface area contributed by atoms with Gasteiger partial charge in [0, 0.05) is 31.1 Å². The van der Waals surface area contributed by atoms with Crippen LogP contribution in [0.5, 0.6) is 0 Å². The molecule has 1 unspecified atom stereocenters. The Hall–Kier alpha value is -0.160. The van der Waals surface area contributed by atoms with Crippen molar-refractivity contribution in [2.75, 3.05) is 39.4 Å². The number of morpholine rings is 1. The van der Waals surface area contributed by atoms with Crippen molar-refractivity contribution in [1.29, 1.82) is 0 Å². The summed E-state index contributed by atoms with van der Waals surface area (Å²) in [4.78, 5) is 2.42. The summed E-state index contributed by atoms with van der Waals surface area (Å²) in [7, 11) is 0. The van der Waals surface area contributed by atoms with Crippen LogP contribution in [0.25, 0.3) is 0 Å². The van der Waals surface area contributed by atoms with Gasteiger partial charge in [-0.3, -0.25) is 4.90 Å². The molecular formula is C11H20N2O2. The summed E-state index contributed by atoms with van der Waals surface area (Å²) in [6.45, 7) is 5.74. The molecule has 0 aromatic carbocycles. The van der Waals surface area contributed by atoms with Crippen molar-refractivity contribution in [3.05, 3.63) is 0 Å². The first-order valence-corrected chi connectivity index (χ1v) is 6.05. The second-order valence-corrected chi connectivity index (χ2v) is 5.05. The van der Waals surface area contributed by atoms with E-state index in [1.54, 1.807) is 0 Å². The molecule has 3 rings (SSSR count). The average molecular weight is 212 g/mol. The predicted molar refractivity (Wildman–Crippen MR) is 56.7 cm³/mol. The van der Waals surface area contributed by atoms with Crippen LogP contribution in [0.4, 0.5) is 0 Å². The second kappa shape index (κ2) is 3.70. The highest BCUT2D eigenvalue weighted by molar-refractivity contribution is 5.19. The first kappa shape index (κ1) is 10.0. The highest BCUT2D eigenvalue weighted by Gasteiger charge is 2.66. The fourth-order valence-corrected chi connectivity index (χ4v) is 3.32. The molecular weight excluding hydrogens is 192 g/mol. The first-order valence-electron chi connectivity index (χ1n) is 6.05. The molecule has 86 valence electrons. The summed E-state index contributed by atoms with van der Waals surface area (Å²) in [5.74, 6) is 0. The van der Waals surface area contributed by atoms with E-state index in [9.17, 15) is 5.11 Å². The highest BCUT2D eigenvalue weighted by Crippen LogP contribution is 2.53. The van der Waals surface area contributed by atoms with Crippen LogP contribution in [0, 0.1) is 5.41 Å². The van der Waals surface area contributed by atoms with Crippen LogP contribution < -0.4 is 5.32 Å². The number of hydrogen-bond acceptors (Lipinski definition) is 4. The second-order valence-electron chi connectivity index (χ2n) is 5.05. The van der Waals surface area contributed by atoms with E-state index in [1.807, 2.05) is 0 Å². The fraction of sp³-hybridized carbons (Fsp3) is 1.00. The minimum Gasteiger partial charge on any atom is -0.391 e. The molecule has 4 nitrogen and oxygen atoms in total. The van der Waals surface area contributed by atoms with Gasteiger partial charge < -0.3 is 15.2 Å². The van der Waals surface area contributed by atoms with Gasteiger partial charge in [-0.1, -0.05) is 0 Å². The standard InChI is InChI=1S/C11H20N2O2/c14-10-9(13-4-6-15-7-5-13)11(10)2-1-3-12-8-11/h9-10,12,14H,1-8H2/t9?,10-,11+/m1/s1. The Morgan fingerprint density at radius 3 is 2.80 bits per heavy atom. The van der Waals surface area contributed by atoms with Crippen molar-refractivity contribution >= 4 is 0 Å². The van der Waals surface area contributed by atoms with Crippen LogP contribution in [-0.4, -0.2) is 61.5 Å². The van der Waals surface area contributed by atoms with Crippen molar-refractivity contribution in [2.24, 2.45) is 5.41 Å². The number of rotatable bonds is 1. The van der Waals surface area contributed by atoms with E-state index in [0.717, 1.165) is 39.4 Å². The first-order chi connectivity index (χ1) is 7.34. The van der Waals surface area contributed by atoms with E-state index in [4.69, 9.17) is 4.74 Å². The highest BCUT2D eigenvalue weighted by atomic mass is 16.5. The molecule has 2 heterocycles. The molecule has 3 atom stereocenters. The molecule has 2 N–H and O–H groups in total. The van der Waals surface area contributed by atoms with Gasteiger partial charge in [-0.25, -0.2) is 0 Å². The Balaban J connectivity index is 1.67. The minimum atomic E-state index is -0.108. The van der Waals surface area contributed by atoms with Crippen LogP contribution in [0.15, 0.2) is 0 Å². The lowest BCUT2D eigenvalue weighted by Crippen LogP contribution is -2.43. The third-order valence-electron chi connectivity index (χ3n) is 4.26. The van der Waals surface area contributed by atoms with Crippen LogP contribution in [0.2, 0.25) is 0 Å². The Morgan fingerprint density at radius 2 is 2.13 bits per heavy atom. The molecule has 0 aromatic heterocycles. The van der Waals surface area contributed by atoms with Crippen molar-refractivity contribution in [2.45, 2.75) is 25.0 Å². The smallest absolute Gasteiger partial charge is 0.0786 e. The van der Waals surface area contributed by atoms with E-state index in [-0.39, 0.29) is 11.5 Å². The summed E-state index contributed by atoms with van der Waals surface area (Å²) in [5.41, 5.74) is 0.176. The third kappa shape index (κ3) is 1.51. The van der Waals surface area contributed by atoms with Crippen molar-refractivity contribution in [3.63, 3.8) is 0 Å². The van der Waals surface area contributed by atoms with Gasteiger partial charge in [0.25, 0.3) is 0 Å². The number of hydrogen-bond donors (Lipinski definition) is 2. The Morgan fingerprint density at radius 1 is 1.33 bits per heavy atom. The molecule has 3 fully saturated rings. The maximum atomic E-state index is 10.1. The van der Waals surface area contributed by atoms with Gasteiger partial charge in [0.15, 0.2) is 0 Å². The zero-order chi connectivity index (χ0) is 10.3. The normalized spacial score (nSPS) is 47.0. The number of ether oxygens (including phenoxy) is 1.